The number of hydrogen-bond acceptors (Lipinski definition) is 7. The number of anilines is 3. The Morgan fingerprint density at radius 1 is 0.778 bits per heavy atom. The number of rotatable bonds is 0. The first-order valence-electron chi connectivity index (χ1n) is 13.5. The van der Waals surface area contributed by atoms with Crippen molar-refractivity contribution < 1.29 is 0 Å². The zero-order valence-electron chi connectivity index (χ0n) is 21.1. The molecule has 188 valence electrons. The van der Waals surface area contributed by atoms with Crippen molar-refractivity contribution in [3.8, 4) is 11.1 Å². The Morgan fingerprint density at radius 2 is 1.69 bits per heavy atom. The van der Waals surface area contributed by atoms with E-state index in [-0.39, 0.29) is 0 Å². The fraction of sp³-hybridized carbons (Fsp3) is 0.448. The average molecular weight is 484 g/mol. The van der Waals surface area contributed by atoms with Crippen molar-refractivity contribution in [3.63, 3.8) is 0 Å². The van der Waals surface area contributed by atoms with Crippen LogP contribution in [0.15, 0.2) is 60.9 Å². The predicted molar refractivity (Wildman–Crippen MR) is 147 cm³/mol. The Morgan fingerprint density at radius 3 is 2.58 bits per heavy atom. The minimum absolute atomic E-state index is 0.577. The quantitative estimate of drug-likeness (QED) is 0.502. The molecule has 3 aromatic rings. The lowest BCUT2D eigenvalue weighted by Gasteiger charge is -2.34. The van der Waals surface area contributed by atoms with Crippen molar-refractivity contribution in [3.05, 3.63) is 66.5 Å². The number of benzene rings is 1. The van der Waals surface area contributed by atoms with Gasteiger partial charge < -0.3 is 15.5 Å². The molecule has 36 heavy (non-hydrogen) atoms. The van der Waals surface area contributed by atoms with Crippen LogP contribution in [0.2, 0.25) is 0 Å². The van der Waals surface area contributed by atoms with E-state index in [2.05, 4.69) is 78.8 Å². The first-order chi connectivity index (χ1) is 17.8. The monoisotopic (exact) mass is 483 g/mol. The molecular formula is C29H37N7. The molecule has 0 amide bonds. The van der Waals surface area contributed by atoms with Gasteiger partial charge in [0, 0.05) is 82.0 Å². The molecule has 1 aromatic carbocycles. The lowest BCUT2D eigenvalue weighted by Crippen LogP contribution is -2.47. The molecule has 1 atom stereocenters. The molecule has 8 bridgehead atoms. The SMILES string of the molecule is c1cc2cc(c1)Nc1cc(ccn1)-c1ccc(nc1)N1CCCC1CCNCCN1CCN(CC1)C2. The standard InChI is InChI=1S/C29H37N7/c1-3-23-19-26(4-1)33-28-20-24(8-11-31-28)25-6-7-29(32-21-25)36-13-2-5-27(36)9-10-30-12-14-34-15-17-35(22-23)18-16-34/h1,3-4,6-8,11,19-21,27,30H,2,5,9-10,12-18,22H2,(H,31,33). The van der Waals surface area contributed by atoms with Crippen LogP contribution in [0.1, 0.15) is 24.8 Å². The summed E-state index contributed by atoms with van der Waals surface area (Å²) >= 11 is 0. The van der Waals surface area contributed by atoms with Crippen LogP contribution in [0.5, 0.6) is 0 Å². The van der Waals surface area contributed by atoms with Crippen LogP contribution in [0.25, 0.3) is 11.1 Å². The summed E-state index contributed by atoms with van der Waals surface area (Å²) in [6.07, 6.45) is 7.57. The van der Waals surface area contributed by atoms with E-state index in [1.54, 1.807) is 0 Å². The van der Waals surface area contributed by atoms with Crippen molar-refractivity contribution in [1.29, 1.82) is 0 Å². The van der Waals surface area contributed by atoms with Gasteiger partial charge in [-0.1, -0.05) is 12.1 Å². The number of nitrogens with one attached hydrogen (secondary N) is 2. The molecule has 2 aromatic heterocycles. The molecular weight excluding hydrogens is 446 g/mol. The van der Waals surface area contributed by atoms with Crippen molar-refractivity contribution >= 4 is 17.3 Å². The summed E-state index contributed by atoms with van der Waals surface area (Å²) in [6, 6.07) is 17.9. The normalized spacial score (nSPS) is 24.8. The maximum absolute atomic E-state index is 4.88. The van der Waals surface area contributed by atoms with Gasteiger partial charge in [-0.2, -0.15) is 0 Å². The van der Waals surface area contributed by atoms with Crippen LogP contribution in [-0.4, -0.2) is 78.2 Å². The zero-order chi connectivity index (χ0) is 24.2. The smallest absolute Gasteiger partial charge is 0.130 e. The van der Waals surface area contributed by atoms with Gasteiger partial charge in [-0.3, -0.25) is 9.80 Å². The van der Waals surface area contributed by atoms with Gasteiger partial charge in [0.1, 0.15) is 11.6 Å². The molecule has 7 nitrogen and oxygen atoms in total. The molecule has 0 spiro atoms. The summed E-state index contributed by atoms with van der Waals surface area (Å²) in [6.45, 7) is 9.92. The second-order valence-electron chi connectivity index (χ2n) is 10.3. The molecule has 2 saturated heterocycles. The molecule has 1 unspecified atom stereocenters. The average Bonchev–Trinajstić information content (AvgIpc) is 3.38. The largest absolute Gasteiger partial charge is 0.354 e. The number of nitrogens with zero attached hydrogens (tertiary/aromatic N) is 5. The molecule has 2 fully saturated rings. The maximum atomic E-state index is 4.88. The van der Waals surface area contributed by atoms with E-state index in [9.17, 15) is 0 Å². The van der Waals surface area contributed by atoms with Gasteiger partial charge in [0.15, 0.2) is 0 Å². The minimum Gasteiger partial charge on any atom is -0.354 e. The van der Waals surface area contributed by atoms with Gasteiger partial charge in [0.25, 0.3) is 0 Å². The van der Waals surface area contributed by atoms with Crippen LogP contribution in [0.3, 0.4) is 0 Å². The van der Waals surface area contributed by atoms with Crippen molar-refractivity contribution in [2.45, 2.75) is 31.8 Å². The first kappa shape index (κ1) is 23.4. The Labute approximate surface area is 214 Å². The predicted octanol–water partition coefficient (Wildman–Crippen LogP) is 3.97. The zero-order valence-corrected chi connectivity index (χ0v) is 21.1. The second-order valence-corrected chi connectivity index (χ2v) is 10.3. The highest BCUT2D eigenvalue weighted by atomic mass is 15.3. The second kappa shape index (κ2) is 10.9. The summed E-state index contributed by atoms with van der Waals surface area (Å²) in [5.41, 5.74) is 4.66. The molecule has 7 heteroatoms. The molecule has 6 aliphatic rings. The molecule has 0 radical (unpaired) electrons. The summed E-state index contributed by atoms with van der Waals surface area (Å²) in [4.78, 5) is 17.1. The molecule has 9 rings (SSSR count). The Hall–Kier alpha value is -3.00. The first-order valence-corrected chi connectivity index (χ1v) is 13.5. The Bertz CT molecular complexity index is 1140. The van der Waals surface area contributed by atoms with E-state index in [1.807, 2.05) is 12.4 Å². The Kier molecular flexibility index (Phi) is 7.12. The van der Waals surface area contributed by atoms with Crippen molar-refractivity contribution in [2.24, 2.45) is 0 Å². The highest BCUT2D eigenvalue weighted by Crippen LogP contribution is 2.29. The van der Waals surface area contributed by atoms with E-state index in [1.165, 1.54) is 24.8 Å². The third-order valence-electron chi connectivity index (χ3n) is 7.84. The number of pyridine rings is 2. The van der Waals surface area contributed by atoms with Crippen LogP contribution < -0.4 is 15.5 Å². The number of aromatic nitrogens is 2. The van der Waals surface area contributed by atoms with Crippen molar-refractivity contribution in [2.75, 3.05) is 62.6 Å². The van der Waals surface area contributed by atoms with Gasteiger partial charge >= 0.3 is 0 Å². The van der Waals surface area contributed by atoms with Crippen molar-refractivity contribution in [1.82, 2.24) is 25.1 Å². The molecule has 6 aliphatic heterocycles. The van der Waals surface area contributed by atoms with Gasteiger partial charge in [-0.05, 0) is 73.3 Å². The fourth-order valence-electron chi connectivity index (χ4n) is 5.80. The van der Waals surface area contributed by atoms with Crippen LogP contribution in [0.4, 0.5) is 17.3 Å². The molecule has 0 saturated carbocycles. The summed E-state index contributed by atoms with van der Waals surface area (Å²) in [5, 5.41) is 7.23. The maximum Gasteiger partial charge on any atom is 0.130 e. The highest BCUT2D eigenvalue weighted by molar-refractivity contribution is 5.69. The van der Waals surface area contributed by atoms with E-state index >= 15 is 0 Å². The number of hydrogen-bond donors (Lipinski definition) is 2. The fourth-order valence-corrected chi connectivity index (χ4v) is 5.80. The van der Waals surface area contributed by atoms with E-state index in [0.717, 1.165) is 87.4 Å². The van der Waals surface area contributed by atoms with Gasteiger partial charge in [-0.15, -0.1) is 0 Å². The molecule has 0 aliphatic carbocycles. The van der Waals surface area contributed by atoms with Gasteiger partial charge in [0.2, 0.25) is 0 Å². The van der Waals surface area contributed by atoms with E-state index < -0.39 is 0 Å². The third kappa shape index (κ3) is 5.53. The van der Waals surface area contributed by atoms with Gasteiger partial charge in [-0.25, -0.2) is 9.97 Å². The molecule has 2 N–H and O–H groups in total. The molecule has 8 heterocycles. The van der Waals surface area contributed by atoms with E-state index in [0.29, 0.717) is 6.04 Å². The van der Waals surface area contributed by atoms with E-state index in [4.69, 9.17) is 4.98 Å². The summed E-state index contributed by atoms with van der Waals surface area (Å²) in [7, 11) is 0. The van der Waals surface area contributed by atoms with Crippen LogP contribution in [-0.2, 0) is 6.54 Å². The summed E-state index contributed by atoms with van der Waals surface area (Å²) < 4.78 is 0. The lowest BCUT2D eigenvalue weighted by molar-refractivity contribution is 0.128. The Balaban J connectivity index is 1.25. The minimum atomic E-state index is 0.577. The van der Waals surface area contributed by atoms with Crippen LogP contribution in [0, 0.1) is 0 Å². The third-order valence-corrected chi connectivity index (χ3v) is 7.84. The summed E-state index contributed by atoms with van der Waals surface area (Å²) in [5.74, 6) is 1.95. The van der Waals surface area contributed by atoms with Gasteiger partial charge in [0.05, 0.1) is 0 Å². The topological polar surface area (TPSA) is 59.6 Å². The van der Waals surface area contributed by atoms with Crippen LogP contribution >= 0.6 is 0 Å². The number of piperazine rings is 1. The highest BCUT2D eigenvalue weighted by Gasteiger charge is 2.25. The lowest BCUT2D eigenvalue weighted by atomic mass is 10.1.